The van der Waals surface area contributed by atoms with Gasteiger partial charge in [0.2, 0.25) is 15.9 Å². The quantitative estimate of drug-likeness (QED) is 0.588. The van der Waals surface area contributed by atoms with Crippen molar-refractivity contribution in [2.45, 2.75) is 32.2 Å². The van der Waals surface area contributed by atoms with E-state index in [1.54, 1.807) is 31.2 Å². The number of amides is 1. The van der Waals surface area contributed by atoms with E-state index in [0.717, 1.165) is 29.0 Å². The molecule has 0 aliphatic carbocycles. The van der Waals surface area contributed by atoms with Gasteiger partial charge in [0.1, 0.15) is 6.04 Å². The Bertz CT molecular complexity index is 902. The van der Waals surface area contributed by atoms with E-state index in [2.05, 4.69) is 5.32 Å². The molecule has 0 saturated carbocycles. The summed E-state index contributed by atoms with van der Waals surface area (Å²) < 4.78 is 25.9. The van der Waals surface area contributed by atoms with Gasteiger partial charge >= 0.3 is 0 Å². The van der Waals surface area contributed by atoms with Crippen molar-refractivity contribution in [1.29, 1.82) is 0 Å². The average Bonchev–Trinajstić information content (AvgIpc) is 2.63. The van der Waals surface area contributed by atoms with Crippen molar-refractivity contribution < 1.29 is 13.2 Å². The summed E-state index contributed by atoms with van der Waals surface area (Å²) in [6.45, 7) is 2.23. The summed E-state index contributed by atoms with van der Waals surface area (Å²) in [5.41, 5.74) is 1.50. The highest BCUT2D eigenvalue weighted by molar-refractivity contribution is 7.92. The topological polar surface area (TPSA) is 66.5 Å². The minimum absolute atomic E-state index is 0.330. The van der Waals surface area contributed by atoms with Crippen LogP contribution < -0.4 is 9.62 Å². The first-order chi connectivity index (χ1) is 13.2. The van der Waals surface area contributed by atoms with Crippen LogP contribution >= 0.6 is 23.2 Å². The van der Waals surface area contributed by atoms with E-state index in [4.69, 9.17) is 23.2 Å². The first-order valence-electron chi connectivity index (χ1n) is 8.99. The van der Waals surface area contributed by atoms with Crippen LogP contribution in [-0.2, 0) is 21.2 Å². The maximum Gasteiger partial charge on any atom is 0.243 e. The molecule has 0 aromatic heterocycles. The molecular weight excluding hydrogens is 419 g/mol. The van der Waals surface area contributed by atoms with Crippen LogP contribution in [0, 0.1) is 0 Å². The summed E-state index contributed by atoms with van der Waals surface area (Å²) >= 11 is 11.9. The predicted molar refractivity (Wildman–Crippen MR) is 116 cm³/mol. The molecule has 1 N–H and O–H groups in total. The van der Waals surface area contributed by atoms with Gasteiger partial charge in [-0.15, -0.1) is 0 Å². The summed E-state index contributed by atoms with van der Waals surface area (Å²) in [5.74, 6) is -0.330. The number of sulfonamides is 1. The van der Waals surface area contributed by atoms with Crippen LogP contribution in [-0.4, -0.2) is 33.2 Å². The lowest BCUT2D eigenvalue weighted by molar-refractivity contribution is -0.122. The van der Waals surface area contributed by atoms with E-state index in [0.29, 0.717) is 28.7 Å². The van der Waals surface area contributed by atoms with E-state index in [9.17, 15) is 13.2 Å². The molecule has 2 rings (SSSR count). The highest BCUT2D eigenvalue weighted by Crippen LogP contribution is 2.25. The number of benzene rings is 2. The number of carbonyl (C=O) groups is 1. The summed E-state index contributed by atoms with van der Waals surface area (Å²) in [4.78, 5) is 12.7. The molecule has 0 radical (unpaired) electrons. The molecule has 8 heteroatoms. The van der Waals surface area contributed by atoms with Crippen molar-refractivity contribution in [3.05, 3.63) is 64.1 Å². The van der Waals surface area contributed by atoms with Crippen LogP contribution in [0.25, 0.3) is 0 Å². The molecule has 152 valence electrons. The molecular formula is C20H24Cl2N2O3S. The molecule has 1 atom stereocenters. The predicted octanol–water partition coefficient (Wildman–Crippen LogP) is 4.29. The van der Waals surface area contributed by atoms with Crippen LogP contribution in [0.2, 0.25) is 10.0 Å². The Morgan fingerprint density at radius 1 is 1.11 bits per heavy atom. The highest BCUT2D eigenvalue weighted by atomic mass is 35.5. The second-order valence-electron chi connectivity index (χ2n) is 6.48. The summed E-state index contributed by atoms with van der Waals surface area (Å²) in [5, 5.41) is 3.94. The number of hydrogen-bond acceptors (Lipinski definition) is 3. The second-order valence-corrected chi connectivity index (χ2v) is 9.22. The molecule has 0 unspecified atom stereocenters. The van der Waals surface area contributed by atoms with Crippen LogP contribution in [0.3, 0.4) is 0 Å². The Hall–Kier alpha value is -1.76. The monoisotopic (exact) mass is 442 g/mol. The third kappa shape index (κ3) is 6.40. The number of anilines is 1. The van der Waals surface area contributed by atoms with Crippen LogP contribution in [0.1, 0.15) is 25.3 Å². The molecule has 28 heavy (non-hydrogen) atoms. The van der Waals surface area contributed by atoms with Gasteiger partial charge in [0.25, 0.3) is 0 Å². The first-order valence-corrected chi connectivity index (χ1v) is 11.6. The van der Waals surface area contributed by atoms with Gasteiger partial charge in [0.15, 0.2) is 0 Å². The lowest BCUT2D eigenvalue weighted by Crippen LogP contribution is -2.49. The van der Waals surface area contributed by atoms with Crippen LogP contribution in [0.15, 0.2) is 48.5 Å². The average molecular weight is 443 g/mol. The minimum atomic E-state index is -3.67. The molecule has 2 aromatic rings. The summed E-state index contributed by atoms with van der Waals surface area (Å²) in [7, 11) is -3.67. The SMILES string of the molecule is CC[C@@H](C(=O)NCCCc1ccc(Cl)cc1)N(c1cccc(Cl)c1)S(C)(=O)=O. The summed E-state index contributed by atoms with van der Waals surface area (Å²) in [6.07, 6.45) is 2.95. The summed E-state index contributed by atoms with van der Waals surface area (Å²) in [6, 6.07) is 13.2. The van der Waals surface area contributed by atoms with E-state index >= 15 is 0 Å². The maximum absolute atomic E-state index is 12.7. The maximum atomic E-state index is 12.7. The smallest absolute Gasteiger partial charge is 0.243 e. The van der Waals surface area contributed by atoms with Gasteiger partial charge in [-0.1, -0.05) is 48.3 Å². The van der Waals surface area contributed by atoms with Gasteiger partial charge < -0.3 is 5.32 Å². The number of halogens is 2. The number of nitrogens with zero attached hydrogens (tertiary/aromatic N) is 1. The van der Waals surface area contributed by atoms with E-state index in [1.807, 2.05) is 24.3 Å². The molecule has 0 bridgehead atoms. The Kier molecular flexibility index (Phi) is 8.16. The van der Waals surface area contributed by atoms with E-state index in [-0.39, 0.29) is 5.91 Å². The second kappa shape index (κ2) is 10.1. The largest absolute Gasteiger partial charge is 0.354 e. The minimum Gasteiger partial charge on any atom is -0.354 e. The van der Waals surface area contributed by atoms with Crippen LogP contribution in [0.5, 0.6) is 0 Å². The van der Waals surface area contributed by atoms with Gasteiger partial charge in [-0.3, -0.25) is 9.10 Å². The number of carbonyl (C=O) groups excluding carboxylic acids is 1. The molecule has 1 amide bonds. The molecule has 0 aliphatic heterocycles. The van der Waals surface area contributed by atoms with Gasteiger partial charge in [-0.25, -0.2) is 8.42 Å². The van der Waals surface area contributed by atoms with Gasteiger partial charge in [-0.05, 0) is 55.2 Å². The zero-order chi connectivity index (χ0) is 20.7. The number of hydrogen-bond donors (Lipinski definition) is 1. The molecule has 0 saturated heterocycles. The van der Waals surface area contributed by atoms with Crippen LogP contribution in [0.4, 0.5) is 5.69 Å². The van der Waals surface area contributed by atoms with Gasteiger partial charge in [0.05, 0.1) is 11.9 Å². The fourth-order valence-corrected chi connectivity index (χ4v) is 4.46. The standard InChI is InChI=1S/C20H24Cl2N2O3S/c1-3-19(24(28(2,26)27)18-8-4-7-17(22)14-18)20(25)23-13-5-6-15-9-11-16(21)12-10-15/h4,7-12,14,19H,3,5-6,13H2,1-2H3,(H,23,25)/t19-/m0/s1. The van der Waals surface area contributed by atoms with Crippen molar-refractivity contribution in [1.82, 2.24) is 5.32 Å². The molecule has 0 spiro atoms. The third-order valence-corrected chi connectivity index (χ3v) is 5.91. The fourth-order valence-electron chi connectivity index (χ4n) is 2.95. The first kappa shape index (κ1) is 22.5. The van der Waals surface area contributed by atoms with E-state index < -0.39 is 16.1 Å². The lowest BCUT2D eigenvalue weighted by atomic mass is 10.1. The zero-order valence-electron chi connectivity index (χ0n) is 15.9. The van der Waals surface area contributed by atoms with Crippen molar-refractivity contribution in [3.63, 3.8) is 0 Å². The van der Waals surface area contributed by atoms with Crippen molar-refractivity contribution in [3.8, 4) is 0 Å². The van der Waals surface area contributed by atoms with Crippen molar-refractivity contribution >= 4 is 44.8 Å². The van der Waals surface area contributed by atoms with E-state index in [1.165, 1.54) is 0 Å². The lowest BCUT2D eigenvalue weighted by Gasteiger charge is -2.30. The Morgan fingerprint density at radius 3 is 2.36 bits per heavy atom. The van der Waals surface area contributed by atoms with Gasteiger partial charge in [-0.2, -0.15) is 0 Å². The molecule has 0 aliphatic rings. The number of nitrogens with one attached hydrogen (secondary N) is 1. The molecule has 0 heterocycles. The van der Waals surface area contributed by atoms with Gasteiger partial charge in [0, 0.05) is 16.6 Å². The van der Waals surface area contributed by atoms with Crippen molar-refractivity contribution in [2.24, 2.45) is 0 Å². The normalized spacial score (nSPS) is 12.4. The number of aryl methyl sites for hydroxylation is 1. The Labute approximate surface area is 176 Å². The highest BCUT2D eigenvalue weighted by Gasteiger charge is 2.31. The third-order valence-electron chi connectivity index (χ3n) is 4.25. The molecule has 2 aromatic carbocycles. The number of rotatable bonds is 9. The Morgan fingerprint density at radius 2 is 1.79 bits per heavy atom. The van der Waals surface area contributed by atoms with Crippen molar-refractivity contribution in [2.75, 3.05) is 17.1 Å². The molecule has 5 nitrogen and oxygen atoms in total. The fraction of sp³-hybridized carbons (Fsp3) is 0.350. The Balaban J connectivity index is 2.04. The molecule has 0 fully saturated rings. The zero-order valence-corrected chi connectivity index (χ0v) is 18.2.